The summed E-state index contributed by atoms with van der Waals surface area (Å²) >= 11 is 0. The van der Waals surface area contributed by atoms with Gasteiger partial charge in [-0.15, -0.1) is 0 Å². The van der Waals surface area contributed by atoms with Crippen molar-refractivity contribution in [2.45, 2.75) is 20.0 Å². The van der Waals surface area contributed by atoms with Crippen LogP contribution in [0.2, 0.25) is 0 Å². The van der Waals surface area contributed by atoms with Gasteiger partial charge in [0, 0.05) is 11.8 Å². The number of rotatable bonds is 2. The van der Waals surface area contributed by atoms with E-state index in [-0.39, 0.29) is 22.7 Å². The number of aryl methyl sites for hydroxylation is 2. The maximum Gasteiger partial charge on any atom is 0.433 e. The first-order valence-electron chi connectivity index (χ1n) is 7.17. The summed E-state index contributed by atoms with van der Waals surface area (Å²) in [5.74, 6) is -1.49. The number of alkyl halides is 3. The number of nitrogens with one attached hydrogen (secondary N) is 1. The van der Waals surface area contributed by atoms with Crippen molar-refractivity contribution >= 4 is 17.2 Å². The Kier molecular flexibility index (Phi) is 3.94. The zero-order chi connectivity index (χ0) is 18.4. The Morgan fingerprint density at radius 2 is 1.88 bits per heavy atom. The van der Waals surface area contributed by atoms with E-state index in [4.69, 9.17) is 0 Å². The molecule has 1 aromatic carbocycles. The molecule has 1 N–H and O–H groups in total. The first kappa shape index (κ1) is 16.9. The summed E-state index contributed by atoms with van der Waals surface area (Å²) in [6.45, 7) is 3.12. The van der Waals surface area contributed by atoms with Crippen LogP contribution in [0.4, 0.5) is 23.2 Å². The Labute approximate surface area is 139 Å². The van der Waals surface area contributed by atoms with E-state index in [0.717, 1.165) is 12.1 Å². The predicted octanol–water partition coefficient (Wildman–Crippen LogP) is 3.76. The third-order valence-electron chi connectivity index (χ3n) is 3.45. The summed E-state index contributed by atoms with van der Waals surface area (Å²) in [6.07, 6.45) is -4.66. The number of carbonyl (C=O) groups is 1. The van der Waals surface area contributed by atoms with E-state index >= 15 is 0 Å². The largest absolute Gasteiger partial charge is 0.433 e. The minimum atomic E-state index is -4.66. The number of halogens is 4. The Hall–Kier alpha value is -2.97. The number of amides is 1. The maximum absolute atomic E-state index is 13.7. The van der Waals surface area contributed by atoms with Gasteiger partial charge in [-0.05, 0) is 37.6 Å². The molecule has 0 aliphatic carbocycles. The topological polar surface area (TPSA) is 59.3 Å². The van der Waals surface area contributed by atoms with Gasteiger partial charge in [0.15, 0.2) is 11.3 Å². The van der Waals surface area contributed by atoms with Gasteiger partial charge in [0.1, 0.15) is 11.5 Å². The molecule has 0 unspecified atom stereocenters. The molecule has 3 rings (SSSR count). The lowest BCUT2D eigenvalue weighted by atomic mass is 10.2. The Balaban J connectivity index is 2.02. The number of hydrogen-bond donors (Lipinski definition) is 1. The second-order valence-electron chi connectivity index (χ2n) is 5.52. The van der Waals surface area contributed by atoms with Crippen molar-refractivity contribution in [1.82, 2.24) is 14.6 Å². The molecule has 130 valence electrons. The van der Waals surface area contributed by atoms with E-state index in [1.807, 2.05) is 0 Å². The second kappa shape index (κ2) is 5.83. The molecule has 2 heterocycles. The lowest BCUT2D eigenvalue weighted by Crippen LogP contribution is -2.16. The van der Waals surface area contributed by atoms with Crippen LogP contribution in [0.3, 0.4) is 0 Å². The Morgan fingerprint density at radius 1 is 1.16 bits per heavy atom. The fourth-order valence-electron chi connectivity index (χ4n) is 2.33. The van der Waals surface area contributed by atoms with Crippen LogP contribution in [-0.2, 0) is 6.18 Å². The summed E-state index contributed by atoms with van der Waals surface area (Å²) in [5, 5.41) is 5.97. The number of aromatic nitrogens is 3. The molecule has 0 spiro atoms. The van der Waals surface area contributed by atoms with Crippen LogP contribution in [0, 0.1) is 19.7 Å². The van der Waals surface area contributed by atoms with Crippen LogP contribution >= 0.6 is 0 Å². The monoisotopic (exact) mass is 352 g/mol. The molecule has 0 fully saturated rings. The van der Waals surface area contributed by atoms with Crippen molar-refractivity contribution in [1.29, 1.82) is 0 Å². The average molecular weight is 352 g/mol. The summed E-state index contributed by atoms with van der Waals surface area (Å²) in [7, 11) is 0. The van der Waals surface area contributed by atoms with Crippen LogP contribution in [0.1, 0.15) is 27.4 Å². The molecular weight excluding hydrogens is 340 g/mol. The number of carbonyl (C=O) groups excluding carboxylic acids is 1. The standard InChI is InChI=1S/C16H12F4N4O/c1-8-3-4-10(17)11(5-8)22-15(25)12-7-14-21-9(2)6-13(16(18,19)20)24(14)23-12/h3-7H,1-2H3,(H,22,25). The molecule has 9 heteroatoms. The van der Waals surface area contributed by atoms with Gasteiger partial charge in [-0.25, -0.2) is 13.9 Å². The van der Waals surface area contributed by atoms with Crippen LogP contribution in [0.25, 0.3) is 5.65 Å². The highest BCUT2D eigenvalue weighted by molar-refractivity contribution is 6.03. The predicted molar refractivity (Wildman–Crippen MR) is 81.8 cm³/mol. The molecule has 1 amide bonds. The molecule has 0 saturated carbocycles. The highest BCUT2D eigenvalue weighted by Gasteiger charge is 2.35. The number of nitrogens with zero attached hydrogens (tertiary/aromatic N) is 3. The minimum absolute atomic E-state index is 0.0813. The van der Waals surface area contributed by atoms with Crippen LogP contribution in [0.5, 0.6) is 0 Å². The lowest BCUT2D eigenvalue weighted by molar-refractivity contribution is -0.142. The minimum Gasteiger partial charge on any atom is -0.318 e. The zero-order valence-electron chi connectivity index (χ0n) is 13.1. The third kappa shape index (κ3) is 3.30. The SMILES string of the molecule is Cc1ccc(F)c(NC(=O)c2cc3nc(C)cc(C(F)(F)F)n3n2)c1. The second-order valence-corrected chi connectivity index (χ2v) is 5.52. The molecular formula is C16H12F4N4O. The smallest absolute Gasteiger partial charge is 0.318 e. The first-order chi connectivity index (χ1) is 11.6. The van der Waals surface area contributed by atoms with Crippen LogP contribution in [0.15, 0.2) is 30.3 Å². The van der Waals surface area contributed by atoms with Gasteiger partial charge in [0.05, 0.1) is 5.69 Å². The van der Waals surface area contributed by atoms with Crippen LogP contribution < -0.4 is 5.32 Å². The van der Waals surface area contributed by atoms with Crippen molar-refractivity contribution < 1.29 is 22.4 Å². The molecule has 0 bridgehead atoms. The highest BCUT2D eigenvalue weighted by atomic mass is 19.4. The Morgan fingerprint density at radius 3 is 2.56 bits per heavy atom. The van der Waals surface area contributed by atoms with Crippen molar-refractivity contribution in [2.24, 2.45) is 0 Å². The number of anilines is 1. The van der Waals surface area contributed by atoms with E-state index in [2.05, 4.69) is 15.4 Å². The summed E-state index contributed by atoms with van der Waals surface area (Å²) in [5.41, 5.74) is -0.704. The normalized spacial score (nSPS) is 11.8. The summed E-state index contributed by atoms with van der Waals surface area (Å²) < 4.78 is 53.6. The number of benzene rings is 1. The van der Waals surface area contributed by atoms with E-state index < -0.39 is 23.6 Å². The molecule has 0 saturated heterocycles. The molecule has 0 aliphatic rings. The average Bonchev–Trinajstić information content (AvgIpc) is 2.92. The Bertz CT molecular complexity index is 978. The van der Waals surface area contributed by atoms with Gasteiger partial charge in [0.25, 0.3) is 5.91 Å². The van der Waals surface area contributed by atoms with Gasteiger partial charge in [0.2, 0.25) is 0 Å². The molecule has 2 aromatic heterocycles. The van der Waals surface area contributed by atoms with E-state index in [9.17, 15) is 22.4 Å². The van der Waals surface area contributed by atoms with E-state index in [0.29, 0.717) is 10.1 Å². The third-order valence-corrected chi connectivity index (χ3v) is 3.45. The van der Waals surface area contributed by atoms with E-state index in [1.54, 1.807) is 6.92 Å². The van der Waals surface area contributed by atoms with Crippen LogP contribution in [-0.4, -0.2) is 20.5 Å². The van der Waals surface area contributed by atoms with Gasteiger partial charge in [-0.1, -0.05) is 6.07 Å². The van der Waals surface area contributed by atoms with Crippen molar-refractivity contribution in [3.05, 3.63) is 58.8 Å². The zero-order valence-corrected chi connectivity index (χ0v) is 13.1. The molecule has 0 radical (unpaired) electrons. The number of hydrogen-bond acceptors (Lipinski definition) is 3. The van der Waals surface area contributed by atoms with Crippen molar-refractivity contribution in [3.8, 4) is 0 Å². The van der Waals surface area contributed by atoms with Crippen molar-refractivity contribution in [3.63, 3.8) is 0 Å². The lowest BCUT2D eigenvalue weighted by Gasteiger charge is -2.09. The van der Waals surface area contributed by atoms with Gasteiger partial charge < -0.3 is 5.32 Å². The van der Waals surface area contributed by atoms with Gasteiger partial charge in [-0.3, -0.25) is 4.79 Å². The molecule has 5 nitrogen and oxygen atoms in total. The molecule has 25 heavy (non-hydrogen) atoms. The maximum atomic E-state index is 13.7. The summed E-state index contributed by atoms with van der Waals surface area (Å²) in [6, 6.07) is 6.07. The van der Waals surface area contributed by atoms with Gasteiger partial charge >= 0.3 is 6.18 Å². The highest BCUT2D eigenvalue weighted by Crippen LogP contribution is 2.30. The fraction of sp³-hybridized carbons (Fsp3) is 0.188. The van der Waals surface area contributed by atoms with Gasteiger partial charge in [-0.2, -0.15) is 18.3 Å². The molecule has 0 aliphatic heterocycles. The fourth-order valence-corrected chi connectivity index (χ4v) is 2.33. The molecule has 3 aromatic rings. The quantitative estimate of drug-likeness (QED) is 0.715. The van der Waals surface area contributed by atoms with Crippen molar-refractivity contribution in [2.75, 3.05) is 5.32 Å². The number of fused-ring (bicyclic) bond motifs is 1. The summed E-state index contributed by atoms with van der Waals surface area (Å²) in [4.78, 5) is 16.2. The van der Waals surface area contributed by atoms with E-state index in [1.165, 1.54) is 25.1 Å². The molecule has 0 atom stereocenters. The first-order valence-corrected chi connectivity index (χ1v) is 7.17.